The van der Waals surface area contributed by atoms with Crippen molar-refractivity contribution >= 4 is 39.5 Å². The Morgan fingerprint density at radius 1 is 0.329 bits per heavy atom. The van der Waals surface area contributed by atoms with Crippen LogP contribution in [0.2, 0.25) is 0 Å². The van der Waals surface area contributed by atoms with Gasteiger partial charge in [-0.15, -0.1) is 0 Å². The monoisotopic (exact) mass is 1250 g/mol. The second kappa shape index (κ2) is 56.1. The smallest absolute Gasteiger partial charge is 0.462 e. The molecule has 6 atom stereocenters. The summed E-state index contributed by atoms with van der Waals surface area (Å²) in [5.41, 5.74) is 0. The maximum absolute atomic E-state index is 13.0. The summed E-state index contributed by atoms with van der Waals surface area (Å²) in [5.74, 6) is 0.766. The van der Waals surface area contributed by atoms with E-state index in [9.17, 15) is 43.2 Å². The Hall–Kier alpha value is -1.94. The molecule has 0 aromatic heterocycles. The molecule has 3 N–H and O–H groups in total. The number of esters is 4. The zero-order chi connectivity index (χ0) is 63.2. The molecule has 0 rings (SSSR count). The Kier molecular flexibility index (Phi) is 54.8. The van der Waals surface area contributed by atoms with Crippen LogP contribution in [0.25, 0.3) is 0 Å². The second-order valence-electron chi connectivity index (χ2n) is 25.5. The van der Waals surface area contributed by atoms with Gasteiger partial charge in [0.15, 0.2) is 12.2 Å². The van der Waals surface area contributed by atoms with E-state index in [1.807, 2.05) is 0 Å². The van der Waals surface area contributed by atoms with Gasteiger partial charge in [-0.2, -0.15) is 0 Å². The molecular formula is C66H128O17P2. The third-order valence-corrected chi connectivity index (χ3v) is 17.3. The van der Waals surface area contributed by atoms with Crippen molar-refractivity contribution in [1.82, 2.24) is 0 Å². The molecule has 19 heteroatoms. The highest BCUT2D eigenvalue weighted by Gasteiger charge is 2.30. The highest BCUT2D eigenvalue weighted by Crippen LogP contribution is 2.45. The van der Waals surface area contributed by atoms with Crippen LogP contribution in [-0.2, 0) is 65.4 Å². The molecule has 0 aliphatic carbocycles. The van der Waals surface area contributed by atoms with Crippen molar-refractivity contribution in [3.05, 3.63) is 0 Å². The zero-order valence-electron chi connectivity index (χ0n) is 55.2. The number of carbonyl (C=O) groups is 4. The molecule has 504 valence electrons. The zero-order valence-corrected chi connectivity index (χ0v) is 57.0. The summed E-state index contributed by atoms with van der Waals surface area (Å²) in [4.78, 5) is 72.3. The van der Waals surface area contributed by atoms with Gasteiger partial charge in [-0.1, -0.05) is 267 Å². The Labute approximate surface area is 517 Å². The fourth-order valence-corrected chi connectivity index (χ4v) is 11.3. The molecule has 17 nitrogen and oxygen atoms in total. The number of hydrogen-bond donors (Lipinski definition) is 3. The lowest BCUT2D eigenvalue weighted by Gasteiger charge is -2.21. The minimum Gasteiger partial charge on any atom is -0.462 e. The number of rotatable bonds is 63. The van der Waals surface area contributed by atoms with Gasteiger partial charge < -0.3 is 33.8 Å². The van der Waals surface area contributed by atoms with E-state index in [-0.39, 0.29) is 25.7 Å². The number of aliphatic hydroxyl groups excluding tert-OH is 1. The Bertz CT molecular complexity index is 1700. The van der Waals surface area contributed by atoms with E-state index in [4.69, 9.17) is 37.0 Å². The first kappa shape index (κ1) is 83.1. The second-order valence-corrected chi connectivity index (χ2v) is 28.4. The quantitative estimate of drug-likeness (QED) is 0.0222. The molecule has 3 unspecified atom stereocenters. The lowest BCUT2D eigenvalue weighted by atomic mass is 10.00. The maximum Gasteiger partial charge on any atom is 0.472 e. The van der Waals surface area contributed by atoms with Crippen LogP contribution >= 0.6 is 15.6 Å². The average Bonchev–Trinajstić information content (AvgIpc) is 3.54. The first-order valence-corrected chi connectivity index (χ1v) is 37.2. The van der Waals surface area contributed by atoms with Gasteiger partial charge in [0.05, 0.1) is 26.4 Å². The van der Waals surface area contributed by atoms with Gasteiger partial charge in [-0.25, -0.2) is 9.13 Å². The van der Waals surface area contributed by atoms with Crippen LogP contribution in [0.3, 0.4) is 0 Å². The van der Waals surface area contributed by atoms with Gasteiger partial charge in [0.1, 0.15) is 19.3 Å². The first-order valence-electron chi connectivity index (χ1n) is 34.2. The third-order valence-electron chi connectivity index (χ3n) is 15.4. The van der Waals surface area contributed by atoms with Gasteiger partial charge in [0, 0.05) is 25.7 Å². The standard InChI is InChI=1S/C66H128O17P2/c1-9-59(8)45-37-29-23-25-31-39-47-64(69)77-53-62(82-65(70)48-40-32-20-15-13-11-10-12-14-18-26-34-42-56(2)3)55-81-85(74,75)79-51-60(67)50-78-84(72,73)80-54-61(52-76-63(68)46-38-30-24-22-28-36-44-58(6)7)83-66(71)49-41-33-21-17-16-19-27-35-43-57(4)5/h56-62,67H,9-55H2,1-8H3,(H,72,73)(H,74,75)/t59?,60-,61+,62+/m0/s1. The summed E-state index contributed by atoms with van der Waals surface area (Å²) in [7, 11) is -9.89. The van der Waals surface area contributed by atoms with Crippen LogP contribution in [0, 0.1) is 23.7 Å². The minimum atomic E-state index is -4.95. The van der Waals surface area contributed by atoms with E-state index < -0.39 is 97.5 Å². The number of ether oxygens (including phenoxy) is 4. The number of aliphatic hydroxyl groups is 1. The summed E-state index contributed by atoms with van der Waals surface area (Å²) in [6.45, 7) is 14.0. The van der Waals surface area contributed by atoms with Crippen molar-refractivity contribution in [3.63, 3.8) is 0 Å². The third kappa shape index (κ3) is 59.5. The fourth-order valence-electron chi connectivity index (χ4n) is 9.75. The minimum absolute atomic E-state index is 0.103. The van der Waals surface area contributed by atoms with E-state index >= 15 is 0 Å². The molecule has 0 aliphatic rings. The van der Waals surface area contributed by atoms with Gasteiger partial charge in [0.25, 0.3) is 0 Å². The predicted molar refractivity (Wildman–Crippen MR) is 340 cm³/mol. The lowest BCUT2D eigenvalue weighted by molar-refractivity contribution is -0.161. The van der Waals surface area contributed by atoms with Gasteiger partial charge in [-0.05, 0) is 49.4 Å². The molecule has 0 radical (unpaired) electrons. The predicted octanol–water partition coefficient (Wildman–Crippen LogP) is 18.1. The van der Waals surface area contributed by atoms with Crippen LogP contribution in [0.1, 0.15) is 319 Å². The molecule has 0 amide bonds. The first-order chi connectivity index (χ1) is 40.6. The van der Waals surface area contributed by atoms with Crippen molar-refractivity contribution in [3.8, 4) is 0 Å². The molecule has 0 aromatic rings. The van der Waals surface area contributed by atoms with E-state index in [1.165, 1.54) is 109 Å². The summed E-state index contributed by atoms with van der Waals surface area (Å²) in [5, 5.41) is 10.5. The number of phosphoric acid groups is 2. The molecule has 0 spiro atoms. The van der Waals surface area contributed by atoms with Crippen molar-refractivity contribution in [1.29, 1.82) is 0 Å². The lowest BCUT2D eigenvalue weighted by Crippen LogP contribution is -2.30. The summed E-state index contributed by atoms with van der Waals surface area (Å²) >= 11 is 0. The molecule has 0 bridgehead atoms. The fraction of sp³-hybridized carbons (Fsp3) is 0.939. The van der Waals surface area contributed by atoms with Crippen molar-refractivity contribution in [2.24, 2.45) is 23.7 Å². The van der Waals surface area contributed by atoms with Gasteiger partial charge >= 0.3 is 39.5 Å². The van der Waals surface area contributed by atoms with Crippen LogP contribution in [0.5, 0.6) is 0 Å². The Morgan fingerprint density at radius 2 is 0.565 bits per heavy atom. The summed E-state index contributed by atoms with van der Waals surface area (Å²) < 4.78 is 68.1. The normalized spacial score (nSPS) is 14.7. The molecule has 0 heterocycles. The maximum atomic E-state index is 13.0. The van der Waals surface area contributed by atoms with Crippen LogP contribution in [0.15, 0.2) is 0 Å². The van der Waals surface area contributed by atoms with Crippen LogP contribution in [0.4, 0.5) is 0 Å². The van der Waals surface area contributed by atoms with Crippen molar-refractivity contribution < 1.29 is 80.2 Å². The van der Waals surface area contributed by atoms with Crippen molar-refractivity contribution in [2.75, 3.05) is 39.6 Å². The van der Waals surface area contributed by atoms with E-state index in [0.29, 0.717) is 31.6 Å². The van der Waals surface area contributed by atoms with E-state index in [2.05, 4.69) is 55.4 Å². The highest BCUT2D eigenvalue weighted by atomic mass is 31.2. The Balaban J connectivity index is 5.24. The molecule has 0 saturated heterocycles. The van der Waals surface area contributed by atoms with E-state index in [1.54, 1.807) is 0 Å². The number of carbonyl (C=O) groups excluding carboxylic acids is 4. The Morgan fingerprint density at radius 3 is 0.835 bits per heavy atom. The SMILES string of the molecule is CCC(C)CCCCCCCCC(=O)OC[C@H](COP(=O)(O)OC[C@@H](O)COP(=O)(O)OC[C@@H](COC(=O)CCCCCCCCC(C)C)OC(=O)CCCCCCCCCCC(C)C)OC(=O)CCCCCCCCCCCCCCC(C)C. The molecule has 0 fully saturated rings. The van der Waals surface area contributed by atoms with Gasteiger partial charge in [-0.3, -0.25) is 37.3 Å². The summed E-state index contributed by atoms with van der Waals surface area (Å²) in [6, 6.07) is 0. The van der Waals surface area contributed by atoms with Gasteiger partial charge in [0.2, 0.25) is 0 Å². The number of hydrogen-bond acceptors (Lipinski definition) is 15. The molecular weight excluding hydrogens is 1130 g/mol. The topological polar surface area (TPSA) is 237 Å². The summed E-state index contributed by atoms with van der Waals surface area (Å²) in [6.07, 6.45) is 36.4. The number of phosphoric ester groups is 2. The van der Waals surface area contributed by atoms with Crippen LogP contribution < -0.4 is 0 Å². The van der Waals surface area contributed by atoms with E-state index in [0.717, 1.165) is 120 Å². The molecule has 0 aliphatic heterocycles. The average molecular weight is 1260 g/mol. The molecule has 85 heavy (non-hydrogen) atoms. The van der Waals surface area contributed by atoms with Crippen molar-refractivity contribution in [2.45, 2.75) is 337 Å². The molecule has 0 aromatic carbocycles. The number of unbranched alkanes of at least 4 members (excludes halogenated alkanes) is 28. The highest BCUT2D eigenvalue weighted by molar-refractivity contribution is 7.47. The largest absolute Gasteiger partial charge is 0.472 e. The molecule has 0 saturated carbocycles. The van der Waals surface area contributed by atoms with Crippen LogP contribution in [-0.4, -0.2) is 96.7 Å².